The molecule has 1 rings (SSSR count). The maximum absolute atomic E-state index is 11.4. The predicted octanol–water partition coefficient (Wildman–Crippen LogP) is 6.24. The van der Waals surface area contributed by atoms with E-state index in [1.165, 1.54) is 89.0 Å². The summed E-state index contributed by atoms with van der Waals surface area (Å²) in [6.45, 7) is 4.38. The minimum absolute atomic E-state index is 0.0391. The van der Waals surface area contributed by atoms with Gasteiger partial charge in [0, 0.05) is 13.1 Å². The zero-order valence-corrected chi connectivity index (χ0v) is 21.2. The number of benzene rings is 1. The van der Waals surface area contributed by atoms with Gasteiger partial charge in [0.2, 0.25) is 0 Å². The molecule has 0 aliphatic carbocycles. The van der Waals surface area contributed by atoms with Crippen LogP contribution in [0, 0.1) is 5.92 Å². The van der Waals surface area contributed by atoms with E-state index in [0.29, 0.717) is 12.5 Å². The smallest absolute Gasteiger partial charge is 0.407 e. The topological polar surface area (TPSA) is 70.6 Å². The number of aliphatic hydroxyl groups is 1. The fourth-order valence-corrected chi connectivity index (χ4v) is 4.25. The molecule has 0 saturated heterocycles. The van der Waals surface area contributed by atoms with Crippen molar-refractivity contribution in [2.24, 2.45) is 5.92 Å². The molecular formula is C28H50N2O3. The van der Waals surface area contributed by atoms with Crippen molar-refractivity contribution in [3.05, 3.63) is 35.9 Å². The highest BCUT2D eigenvalue weighted by Gasteiger charge is 2.10. The first-order valence-electron chi connectivity index (χ1n) is 13.5. The summed E-state index contributed by atoms with van der Waals surface area (Å²) in [5.41, 5.74) is 1.40. The molecule has 0 bridgehead atoms. The third-order valence-corrected chi connectivity index (χ3v) is 6.16. The Morgan fingerprint density at radius 1 is 0.879 bits per heavy atom. The van der Waals surface area contributed by atoms with E-state index in [0.717, 1.165) is 19.5 Å². The van der Waals surface area contributed by atoms with Crippen molar-refractivity contribution >= 4 is 6.09 Å². The van der Waals surface area contributed by atoms with Crippen molar-refractivity contribution in [2.75, 3.05) is 32.8 Å². The zero-order chi connectivity index (χ0) is 23.8. The molecule has 0 aliphatic heterocycles. The molecule has 0 fully saturated rings. The Balaban J connectivity index is 2.14. The Morgan fingerprint density at radius 3 is 2.09 bits per heavy atom. The third-order valence-electron chi connectivity index (χ3n) is 6.16. The molecule has 3 N–H and O–H groups in total. The molecule has 0 aliphatic rings. The number of hydrogen-bond acceptors (Lipinski definition) is 4. The van der Waals surface area contributed by atoms with Crippen molar-refractivity contribution in [2.45, 2.75) is 96.8 Å². The SMILES string of the molecule is CCCCCCCCCCCCCCC(CNCCNC(=O)OCCO)Cc1ccccc1. The molecule has 5 heteroatoms. The molecule has 1 unspecified atom stereocenters. The highest BCUT2D eigenvalue weighted by Crippen LogP contribution is 2.17. The average Bonchev–Trinajstić information content (AvgIpc) is 2.83. The molecule has 190 valence electrons. The Morgan fingerprint density at radius 2 is 1.48 bits per heavy atom. The van der Waals surface area contributed by atoms with Gasteiger partial charge in [0.1, 0.15) is 6.61 Å². The summed E-state index contributed by atoms with van der Waals surface area (Å²) in [7, 11) is 0. The van der Waals surface area contributed by atoms with Gasteiger partial charge in [-0.1, -0.05) is 114 Å². The third kappa shape index (κ3) is 18.5. The molecule has 1 amide bonds. The summed E-state index contributed by atoms with van der Waals surface area (Å²) in [5, 5.41) is 14.9. The maximum Gasteiger partial charge on any atom is 0.407 e. The van der Waals surface area contributed by atoms with Crippen LogP contribution in [0.5, 0.6) is 0 Å². The number of rotatable bonds is 22. The minimum Gasteiger partial charge on any atom is -0.447 e. The Hall–Kier alpha value is -1.59. The van der Waals surface area contributed by atoms with Crippen molar-refractivity contribution < 1.29 is 14.6 Å². The van der Waals surface area contributed by atoms with E-state index in [2.05, 4.69) is 47.9 Å². The highest BCUT2D eigenvalue weighted by atomic mass is 16.6. The highest BCUT2D eigenvalue weighted by molar-refractivity contribution is 5.67. The van der Waals surface area contributed by atoms with Crippen LogP contribution in [-0.4, -0.2) is 44.0 Å². The molecule has 0 aromatic heterocycles. The average molecular weight is 463 g/mol. The second-order valence-electron chi connectivity index (χ2n) is 9.22. The summed E-state index contributed by atoms with van der Waals surface area (Å²) in [6.07, 6.45) is 18.5. The lowest BCUT2D eigenvalue weighted by Crippen LogP contribution is -2.34. The summed E-state index contributed by atoms with van der Waals surface area (Å²) in [5.74, 6) is 0.608. The molecule has 1 atom stereocenters. The molecule has 0 saturated carbocycles. The van der Waals surface area contributed by atoms with Crippen LogP contribution in [0.3, 0.4) is 0 Å². The van der Waals surface area contributed by atoms with Gasteiger partial charge in [0.15, 0.2) is 0 Å². The number of aliphatic hydroxyl groups excluding tert-OH is 1. The monoisotopic (exact) mass is 462 g/mol. The van der Waals surface area contributed by atoms with Gasteiger partial charge >= 0.3 is 6.09 Å². The fraction of sp³-hybridized carbons (Fsp3) is 0.750. The maximum atomic E-state index is 11.4. The first-order valence-corrected chi connectivity index (χ1v) is 13.5. The summed E-state index contributed by atoms with van der Waals surface area (Å²) in [4.78, 5) is 11.4. The van der Waals surface area contributed by atoms with E-state index >= 15 is 0 Å². The minimum atomic E-state index is -0.469. The largest absolute Gasteiger partial charge is 0.447 e. The van der Waals surface area contributed by atoms with Gasteiger partial charge in [-0.2, -0.15) is 0 Å². The van der Waals surface area contributed by atoms with Crippen molar-refractivity contribution in [3.63, 3.8) is 0 Å². The summed E-state index contributed by atoms with van der Waals surface area (Å²) < 4.78 is 4.80. The molecule has 0 heterocycles. The van der Waals surface area contributed by atoms with Crippen LogP contribution in [0.15, 0.2) is 30.3 Å². The molecule has 1 aromatic rings. The van der Waals surface area contributed by atoms with Crippen LogP contribution in [0.25, 0.3) is 0 Å². The second kappa shape index (κ2) is 22.2. The lowest BCUT2D eigenvalue weighted by Gasteiger charge is -2.18. The van der Waals surface area contributed by atoms with Crippen LogP contribution in [0.1, 0.15) is 96.0 Å². The molecule has 5 nitrogen and oxygen atoms in total. The van der Waals surface area contributed by atoms with Gasteiger partial charge in [-0.3, -0.25) is 0 Å². The van der Waals surface area contributed by atoms with E-state index in [1.807, 2.05) is 0 Å². The number of hydrogen-bond donors (Lipinski definition) is 3. The number of alkyl carbamates (subject to hydrolysis) is 1. The molecule has 0 radical (unpaired) electrons. The number of amides is 1. The first-order chi connectivity index (χ1) is 16.3. The van der Waals surface area contributed by atoms with Crippen molar-refractivity contribution in [3.8, 4) is 0 Å². The number of carbonyl (C=O) groups excluding carboxylic acids is 1. The van der Waals surface area contributed by atoms with E-state index in [4.69, 9.17) is 9.84 Å². The van der Waals surface area contributed by atoms with Crippen LogP contribution in [0.4, 0.5) is 4.79 Å². The Labute approximate surface area is 203 Å². The standard InChI is InChI=1S/C28H50N2O3/c1-2-3-4-5-6-7-8-9-10-11-12-14-19-27(24-26-17-15-13-16-18-26)25-29-20-21-30-28(32)33-23-22-31/h13,15-18,27,29,31H,2-12,14,19-25H2,1H3,(H,30,32). The summed E-state index contributed by atoms with van der Waals surface area (Å²) in [6, 6.07) is 10.7. The molecular weight excluding hydrogens is 412 g/mol. The van der Waals surface area contributed by atoms with Crippen LogP contribution in [0.2, 0.25) is 0 Å². The quantitative estimate of drug-likeness (QED) is 0.178. The predicted molar refractivity (Wildman–Crippen MR) is 139 cm³/mol. The normalized spacial score (nSPS) is 11.9. The van der Waals surface area contributed by atoms with E-state index < -0.39 is 6.09 Å². The summed E-state index contributed by atoms with van der Waals surface area (Å²) >= 11 is 0. The lowest BCUT2D eigenvalue weighted by molar-refractivity contribution is 0.119. The number of ether oxygens (including phenoxy) is 1. The van der Waals surface area contributed by atoms with E-state index in [1.54, 1.807) is 0 Å². The molecule has 1 aromatic carbocycles. The first kappa shape index (κ1) is 29.4. The van der Waals surface area contributed by atoms with E-state index in [9.17, 15) is 4.79 Å². The van der Waals surface area contributed by atoms with Gasteiger partial charge in [-0.25, -0.2) is 4.79 Å². The van der Waals surface area contributed by atoms with Crippen molar-refractivity contribution in [1.29, 1.82) is 0 Å². The Kier molecular flexibility index (Phi) is 19.8. The van der Waals surface area contributed by atoms with Crippen molar-refractivity contribution in [1.82, 2.24) is 10.6 Å². The lowest BCUT2D eigenvalue weighted by atomic mass is 9.93. The van der Waals surface area contributed by atoms with Crippen LogP contribution < -0.4 is 10.6 Å². The van der Waals surface area contributed by atoms with Gasteiger partial charge in [-0.15, -0.1) is 0 Å². The number of nitrogens with one attached hydrogen (secondary N) is 2. The van der Waals surface area contributed by atoms with Gasteiger partial charge in [-0.05, 0) is 30.9 Å². The fourth-order valence-electron chi connectivity index (χ4n) is 4.25. The van der Waals surface area contributed by atoms with Crippen LogP contribution in [-0.2, 0) is 11.2 Å². The number of carbonyl (C=O) groups is 1. The molecule has 33 heavy (non-hydrogen) atoms. The number of unbranched alkanes of at least 4 members (excludes halogenated alkanes) is 11. The molecule has 0 spiro atoms. The van der Waals surface area contributed by atoms with Gasteiger partial charge in [0.05, 0.1) is 6.61 Å². The van der Waals surface area contributed by atoms with Crippen LogP contribution >= 0.6 is 0 Å². The second-order valence-corrected chi connectivity index (χ2v) is 9.22. The van der Waals surface area contributed by atoms with Gasteiger partial charge < -0.3 is 20.5 Å². The zero-order valence-electron chi connectivity index (χ0n) is 21.2. The van der Waals surface area contributed by atoms with E-state index in [-0.39, 0.29) is 13.2 Å². The van der Waals surface area contributed by atoms with Gasteiger partial charge in [0.25, 0.3) is 0 Å². The Bertz CT molecular complexity index is 553.